The second kappa shape index (κ2) is 9.29. The molecule has 146 valence electrons. The summed E-state index contributed by atoms with van der Waals surface area (Å²) in [7, 11) is -3.63. The number of nitrogens with zero attached hydrogens (tertiary/aromatic N) is 1. The molecular weight excluding hydrogens is 439 g/mol. The molecule has 0 aliphatic heterocycles. The van der Waals surface area contributed by atoms with Gasteiger partial charge in [-0.3, -0.25) is 4.79 Å². The van der Waals surface area contributed by atoms with Crippen LogP contribution in [0.5, 0.6) is 5.75 Å². The second-order valence-electron chi connectivity index (χ2n) is 5.53. The highest BCUT2D eigenvalue weighted by molar-refractivity contribution is 9.10. The molecule has 6 nitrogen and oxygen atoms in total. The largest absolute Gasteiger partial charge is 0.481 e. The number of sulfonamides is 1. The van der Waals surface area contributed by atoms with E-state index < -0.39 is 28.4 Å². The van der Waals surface area contributed by atoms with Crippen molar-refractivity contribution in [3.8, 4) is 5.75 Å². The zero-order valence-electron chi connectivity index (χ0n) is 14.9. The molecule has 0 fully saturated rings. The van der Waals surface area contributed by atoms with Crippen LogP contribution in [0.4, 0.5) is 10.1 Å². The van der Waals surface area contributed by atoms with Crippen molar-refractivity contribution >= 4 is 37.5 Å². The Labute approximate surface area is 166 Å². The van der Waals surface area contributed by atoms with Gasteiger partial charge in [0.05, 0.1) is 4.90 Å². The molecular formula is C18H20BrFN2O4S. The van der Waals surface area contributed by atoms with Crippen molar-refractivity contribution in [2.75, 3.05) is 25.0 Å². The lowest BCUT2D eigenvalue weighted by Crippen LogP contribution is -2.30. The molecule has 0 aromatic heterocycles. The van der Waals surface area contributed by atoms with Gasteiger partial charge in [0.2, 0.25) is 10.0 Å². The van der Waals surface area contributed by atoms with E-state index in [-0.39, 0.29) is 10.6 Å². The summed E-state index contributed by atoms with van der Waals surface area (Å²) in [5, 5.41) is 2.55. The van der Waals surface area contributed by atoms with Crippen molar-refractivity contribution in [2.45, 2.75) is 18.7 Å². The summed E-state index contributed by atoms with van der Waals surface area (Å²) in [6.45, 7) is 3.80. The molecule has 1 N–H and O–H groups in total. The molecule has 1 amide bonds. The third kappa shape index (κ3) is 5.50. The van der Waals surface area contributed by atoms with Gasteiger partial charge < -0.3 is 10.1 Å². The Morgan fingerprint density at radius 3 is 2.52 bits per heavy atom. The first-order valence-corrected chi connectivity index (χ1v) is 10.5. The van der Waals surface area contributed by atoms with E-state index in [0.29, 0.717) is 23.2 Å². The molecule has 0 unspecified atom stereocenters. The Hall–Kier alpha value is -1.97. The third-order valence-electron chi connectivity index (χ3n) is 3.71. The highest BCUT2D eigenvalue weighted by Gasteiger charge is 2.21. The van der Waals surface area contributed by atoms with Crippen molar-refractivity contribution in [1.82, 2.24) is 4.31 Å². The number of amides is 1. The lowest BCUT2D eigenvalue weighted by molar-refractivity contribution is -0.118. The molecule has 27 heavy (non-hydrogen) atoms. The number of carbonyl (C=O) groups is 1. The zero-order chi connectivity index (χ0) is 20.0. The molecule has 0 heterocycles. The van der Waals surface area contributed by atoms with E-state index in [2.05, 4.69) is 21.2 Å². The molecule has 0 atom stereocenters. The minimum Gasteiger partial charge on any atom is -0.481 e. The lowest BCUT2D eigenvalue weighted by atomic mass is 10.3. The van der Waals surface area contributed by atoms with Gasteiger partial charge in [-0.2, -0.15) is 4.31 Å². The number of rotatable bonds is 8. The predicted octanol–water partition coefficient (Wildman–Crippen LogP) is 3.64. The maximum absolute atomic E-state index is 13.7. The molecule has 0 aliphatic rings. The van der Waals surface area contributed by atoms with Gasteiger partial charge in [0.15, 0.2) is 18.2 Å². The molecule has 0 spiro atoms. The average Bonchev–Trinajstić information content (AvgIpc) is 2.62. The van der Waals surface area contributed by atoms with Crippen LogP contribution in [0, 0.1) is 5.82 Å². The van der Waals surface area contributed by atoms with Gasteiger partial charge in [0, 0.05) is 23.2 Å². The van der Waals surface area contributed by atoms with Gasteiger partial charge in [-0.1, -0.05) is 35.8 Å². The van der Waals surface area contributed by atoms with E-state index >= 15 is 0 Å². The fraction of sp³-hybridized carbons (Fsp3) is 0.278. The number of ether oxygens (including phenoxy) is 1. The molecule has 0 aliphatic carbocycles. The number of carbonyl (C=O) groups excluding carboxylic acids is 1. The molecule has 0 bridgehead atoms. The van der Waals surface area contributed by atoms with Crippen molar-refractivity contribution in [1.29, 1.82) is 0 Å². The summed E-state index contributed by atoms with van der Waals surface area (Å²) in [5.74, 6) is -1.18. The second-order valence-corrected chi connectivity index (χ2v) is 8.38. The Kier molecular flexibility index (Phi) is 7.34. The van der Waals surface area contributed by atoms with Gasteiger partial charge in [0.1, 0.15) is 0 Å². The van der Waals surface area contributed by atoms with E-state index in [4.69, 9.17) is 4.74 Å². The van der Waals surface area contributed by atoms with Gasteiger partial charge in [-0.05, 0) is 36.4 Å². The van der Waals surface area contributed by atoms with Crippen LogP contribution >= 0.6 is 15.9 Å². The first kappa shape index (κ1) is 21.3. The number of hydrogen-bond acceptors (Lipinski definition) is 4. The van der Waals surface area contributed by atoms with Crippen LogP contribution in [-0.4, -0.2) is 38.3 Å². The van der Waals surface area contributed by atoms with Crippen LogP contribution in [0.15, 0.2) is 51.8 Å². The lowest BCUT2D eigenvalue weighted by Gasteiger charge is -2.18. The summed E-state index contributed by atoms with van der Waals surface area (Å²) < 4.78 is 45.8. The summed E-state index contributed by atoms with van der Waals surface area (Å²) >= 11 is 3.14. The van der Waals surface area contributed by atoms with Crippen LogP contribution in [0.2, 0.25) is 0 Å². The maximum atomic E-state index is 13.7. The van der Waals surface area contributed by atoms with E-state index in [9.17, 15) is 17.6 Å². The molecule has 2 rings (SSSR count). The number of anilines is 1. The summed E-state index contributed by atoms with van der Waals surface area (Å²) in [4.78, 5) is 12.1. The maximum Gasteiger partial charge on any atom is 0.262 e. The van der Waals surface area contributed by atoms with Crippen LogP contribution in [0.1, 0.15) is 13.8 Å². The molecule has 0 saturated carbocycles. The Bertz CT molecular complexity index is 917. The van der Waals surface area contributed by atoms with E-state index in [1.807, 2.05) is 0 Å². The number of hydrogen-bond donors (Lipinski definition) is 1. The van der Waals surface area contributed by atoms with Crippen LogP contribution in [0.3, 0.4) is 0 Å². The fourth-order valence-corrected chi connectivity index (χ4v) is 4.22. The number of nitrogens with one attached hydrogen (secondary N) is 1. The SMILES string of the molecule is CCN(CC)S(=O)(=O)c1cccc(NC(=O)COc2ccc(Br)cc2F)c1. The average molecular weight is 459 g/mol. The smallest absolute Gasteiger partial charge is 0.262 e. The molecule has 0 radical (unpaired) electrons. The normalized spacial score (nSPS) is 11.4. The van der Waals surface area contributed by atoms with Gasteiger partial charge >= 0.3 is 0 Å². The number of halogens is 2. The minimum atomic E-state index is -3.63. The van der Waals surface area contributed by atoms with Gasteiger partial charge in [0.25, 0.3) is 5.91 Å². The standard InChI is InChI=1S/C18H20BrFN2O4S/c1-3-22(4-2)27(24,25)15-7-5-6-14(11-15)21-18(23)12-26-17-9-8-13(19)10-16(17)20/h5-11H,3-4,12H2,1-2H3,(H,21,23). The first-order valence-electron chi connectivity index (χ1n) is 8.25. The van der Waals surface area contributed by atoms with Gasteiger partial charge in [-0.15, -0.1) is 0 Å². The van der Waals surface area contributed by atoms with Crippen molar-refractivity contribution in [3.63, 3.8) is 0 Å². The van der Waals surface area contributed by atoms with Crippen molar-refractivity contribution in [3.05, 3.63) is 52.8 Å². The zero-order valence-corrected chi connectivity index (χ0v) is 17.3. The topological polar surface area (TPSA) is 75.7 Å². The summed E-state index contributed by atoms with van der Waals surface area (Å²) in [6.07, 6.45) is 0. The Morgan fingerprint density at radius 1 is 1.19 bits per heavy atom. The van der Waals surface area contributed by atoms with Crippen LogP contribution in [0.25, 0.3) is 0 Å². The Balaban J connectivity index is 2.06. The molecule has 2 aromatic rings. The Morgan fingerprint density at radius 2 is 1.89 bits per heavy atom. The van der Waals surface area contributed by atoms with Crippen molar-refractivity contribution < 1.29 is 22.3 Å². The molecule has 9 heteroatoms. The first-order chi connectivity index (χ1) is 12.8. The minimum absolute atomic E-state index is 0.0498. The number of benzene rings is 2. The fourth-order valence-electron chi connectivity index (χ4n) is 2.38. The predicted molar refractivity (Wildman–Crippen MR) is 105 cm³/mol. The van der Waals surface area contributed by atoms with Crippen LogP contribution in [-0.2, 0) is 14.8 Å². The van der Waals surface area contributed by atoms with E-state index in [1.54, 1.807) is 32.0 Å². The molecule has 2 aromatic carbocycles. The van der Waals surface area contributed by atoms with E-state index in [1.165, 1.54) is 28.6 Å². The van der Waals surface area contributed by atoms with Crippen molar-refractivity contribution in [2.24, 2.45) is 0 Å². The quantitative estimate of drug-likeness (QED) is 0.654. The monoisotopic (exact) mass is 458 g/mol. The molecule has 0 saturated heterocycles. The van der Waals surface area contributed by atoms with Crippen LogP contribution < -0.4 is 10.1 Å². The highest BCUT2D eigenvalue weighted by atomic mass is 79.9. The summed E-state index contributed by atoms with van der Waals surface area (Å²) in [6, 6.07) is 10.2. The van der Waals surface area contributed by atoms with Gasteiger partial charge in [-0.25, -0.2) is 12.8 Å². The third-order valence-corrected chi connectivity index (χ3v) is 6.25. The van der Waals surface area contributed by atoms with E-state index in [0.717, 1.165) is 0 Å². The summed E-state index contributed by atoms with van der Waals surface area (Å²) in [5.41, 5.74) is 0.313. The highest BCUT2D eigenvalue weighted by Crippen LogP contribution is 2.22.